The molecule has 0 aliphatic rings. The standard InChI is InChI=1S/C19H19N5O/c1-24(2)10-9-22-19(25)15-8-4-7-14-16(21)13-6-3-5-12(11-20)17(13)23-18(14)15/h3-8H,9-10H2,1-2H3,(H2,21,23)(H,22,25). The van der Waals surface area contributed by atoms with Gasteiger partial charge in [-0.1, -0.05) is 24.3 Å². The van der Waals surface area contributed by atoms with E-state index in [1.807, 2.05) is 31.1 Å². The normalized spacial score (nSPS) is 11.0. The zero-order valence-corrected chi connectivity index (χ0v) is 14.2. The van der Waals surface area contributed by atoms with E-state index < -0.39 is 0 Å². The Hall–Kier alpha value is -3.17. The molecule has 0 atom stereocenters. The van der Waals surface area contributed by atoms with Crippen molar-refractivity contribution in [1.82, 2.24) is 15.2 Å². The van der Waals surface area contributed by atoms with Crippen LogP contribution in [0.25, 0.3) is 21.8 Å². The molecule has 0 bridgehead atoms. The number of pyridine rings is 1. The van der Waals surface area contributed by atoms with Crippen LogP contribution in [0.4, 0.5) is 5.69 Å². The monoisotopic (exact) mass is 333 g/mol. The van der Waals surface area contributed by atoms with E-state index >= 15 is 0 Å². The first-order chi connectivity index (χ1) is 12.0. The molecule has 0 radical (unpaired) electrons. The molecule has 6 nitrogen and oxygen atoms in total. The lowest BCUT2D eigenvalue weighted by atomic mass is 10.0. The smallest absolute Gasteiger partial charge is 0.253 e. The van der Waals surface area contributed by atoms with Gasteiger partial charge in [-0.3, -0.25) is 4.79 Å². The number of benzene rings is 2. The molecule has 3 aromatic rings. The molecule has 6 heteroatoms. The van der Waals surface area contributed by atoms with Crippen LogP contribution in [-0.2, 0) is 0 Å². The second kappa shape index (κ2) is 6.75. The number of likely N-dealkylation sites (N-methyl/N-ethyl adjacent to an activating group) is 1. The number of anilines is 1. The number of aromatic nitrogens is 1. The molecule has 1 amide bonds. The lowest BCUT2D eigenvalue weighted by molar-refractivity contribution is 0.0952. The van der Waals surface area contributed by atoms with Gasteiger partial charge in [0.15, 0.2) is 0 Å². The topological polar surface area (TPSA) is 95.0 Å². The number of nitrogens with two attached hydrogens (primary N) is 1. The van der Waals surface area contributed by atoms with Gasteiger partial charge < -0.3 is 16.0 Å². The molecule has 0 saturated heterocycles. The number of nitriles is 1. The van der Waals surface area contributed by atoms with E-state index in [2.05, 4.69) is 16.4 Å². The first kappa shape index (κ1) is 16.7. The predicted molar refractivity (Wildman–Crippen MR) is 99.3 cm³/mol. The van der Waals surface area contributed by atoms with Gasteiger partial charge >= 0.3 is 0 Å². The largest absolute Gasteiger partial charge is 0.398 e. The van der Waals surface area contributed by atoms with Crippen LogP contribution in [0.2, 0.25) is 0 Å². The summed E-state index contributed by atoms with van der Waals surface area (Å²) in [5.74, 6) is -0.201. The fraction of sp³-hybridized carbons (Fsp3) is 0.211. The van der Waals surface area contributed by atoms with Gasteiger partial charge in [-0.25, -0.2) is 4.98 Å². The second-order valence-electron chi connectivity index (χ2n) is 6.10. The van der Waals surface area contributed by atoms with Crippen molar-refractivity contribution in [2.75, 3.05) is 32.9 Å². The number of para-hydroxylation sites is 2. The van der Waals surface area contributed by atoms with E-state index in [-0.39, 0.29) is 5.91 Å². The summed E-state index contributed by atoms with van der Waals surface area (Å²) in [7, 11) is 3.89. The van der Waals surface area contributed by atoms with Crippen LogP contribution in [0.1, 0.15) is 15.9 Å². The molecule has 126 valence electrons. The molecule has 2 aromatic carbocycles. The third-order valence-electron chi connectivity index (χ3n) is 4.09. The molecule has 0 spiro atoms. The number of rotatable bonds is 4. The summed E-state index contributed by atoms with van der Waals surface area (Å²) in [6.07, 6.45) is 0. The Labute approximate surface area is 145 Å². The summed E-state index contributed by atoms with van der Waals surface area (Å²) in [5, 5.41) is 13.7. The average Bonchev–Trinajstić information content (AvgIpc) is 2.60. The number of carbonyl (C=O) groups is 1. The van der Waals surface area contributed by atoms with Gasteiger partial charge in [-0.05, 0) is 26.2 Å². The molecule has 0 unspecified atom stereocenters. The molecule has 0 saturated carbocycles. The van der Waals surface area contributed by atoms with Crippen LogP contribution in [0, 0.1) is 11.3 Å². The van der Waals surface area contributed by atoms with E-state index in [0.717, 1.165) is 11.9 Å². The zero-order valence-electron chi connectivity index (χ0n) is 14.2. The van der Waals surface area contributed by atoms with Gasteiger partial charge in [-0.15, -0.1) is 0 Å². The van der Waals surface area contributed by atoms with Crippen LogP contribution in [-0.4, -0.2) is 43.0 Å². The first-order valence-electron chi connectivity index (χ1n) is 7.97. The number of carbonyl (C=O) groups excluding carboxylic acids is 1. The maximum absolute atomic E-state index is 12.6. The molecule has 1 heterocycles. The van der Waals surface area contributed by atoms with Crippen LogP contribution in [0.5, 0.6) is 0 Å². The van der Waals surface area contributed by atoms with E-state index in [1.54, 1.807) is 24.3 Å². The van der Waals surface area contributed by atoms with Crippen molar-refractivity contribution in [3.8, 4) is 6.07 Å². The Kier molecular flexibility index (Phi) is 4.50. The highest BCUT2D eigenvalue weighted by Gasteiger charge is 2.15. The minimum Gasteiger partial charge on any atom is -0.398 e. The van der Waals surface area contributed by atoms with Gasteiger partial charge in [0, 0.05) is 23.9 Å². The third-order valence-corrected chi connectivity index (χ3v) is 4.09. The molecule has 1 aromatic heterocycles. The van der Waals surface area contributed by atoms with Crippen molar-refractivity contribution < 1.29 is 4.79 Å². The Morgan fingerprint density at radius 1 is 1.20 bits per heavy atom. The fourth-order valence-electron chi connectivity index (χ4n) is 2.78. The summed E-state index contributed by atoms with van der Waals surface area (Å²) >= 11 is 0. The first-order valence-corrected chi connectivity index (χ1v) is 7.97. The summed E-state index contributed by atoms with van der Waals surface area (Å²) in [6.45, 7) is 1.28. The molecule has 25 heavy (non-hydrogen) atoms. The van der Waals surface area contributed by atoms with Crippen molar-refractivity contribution in [3.63, 3.8) is 0 Å². The highest BCUT2D eigenvalue weighted by molar-refractivity contribution is 6.14. The van der Waals surface area contributed by atoms with Crippen LogP contribution < -0.4 is 11.1 Å². The Morgan fingerprint density at radius 2 is 1.88 bits per heavy atom. The van der Waals surface area contributed by atoms with Crippen molar-refractivity contribution in [2.24, 2.45) is 0 Å². The summed E-state index contributed by atoms with van der Waals surface area (Å²) in [5.41, 5.74) is 8.75. The van der Waals surface area contributed by atoms with Crippen LogP contribution >= 0.6 is 0 Å². The van der Waals surface area contributed by atoms with E-state index in [4.69, 9.17) is 5.73 Å². The highest BCUT2D eigenvalue weighted by Crippen LogP contribution is 2.31. The summed E-state index contributed by atoms with van der Waals surface area (Å²) in [4.78, 5) is 19.2. The number of hydrogen-bond acceptors (Lipinski definition) is 5. The number of nitrogens with zero attached hydrogens (tertiary/aromatic N) is 3. The minimum absolute atomic E-state index is 0.201. The van der Waals surface area contributed by atoms with Gasteiger partial charge in [0.25, 0.3) is 5.91 Å². The van der Waals surface area contributed by atoms with Crippen LogP contribution in [0.15, 0.2) is 36.4 Å². The zero-order chi connectivity index (χ0) is 18.0. The third kappa shape index (κ3) is 3.10. The lowest BCUT2D eigenvalue weighted by Gasteiger charge is -2.13. The Morgan fingerprint density at radius 3 is 2.56 bits per heavy atom. The van der Waals surface area contributed by atoms with Crippen molar-refractivity contribution >= 4 is 33.4 Å². The van der Waals surface area contributed by atoms with Gasteiger partial charge in [-0.2, -0.15) is 5.26 Å². The number of amides is 1. The minimum atomic E-state index is -0.201. The van der Waals surface area contributed by atoms with Crippen molar-refractivity contribution in [1.29, 1.82) is 5.26 Å². The molecule has 3 rings (SSSR count). The number of nitrogen functional groups attached to an aromatic ring is 1. The summed E-state index contributed by atoms with van der Waals surface area (Å²) < 4.78 is 0. The number of fused-ring (bicyclic) bond motifs is 2. The molecule has 0 fully saturated rings. The van der Waals surface area contributed by atoms with E-state index in [1.165, 1.54) is 0 Å². The highest BCUT2D eigenvalue weighted by atomic mass is 16.1. The Balaban J connectivity index is 2.15. The van der Waals surface area contributed by atoms with E-state index in [9.17, 15) is 10.1 Å². The van der Waals surface area contributed by atoms with Crippen molar-refractivity contribution in [2.45, 2.75) is 0 Å². The summed E-state index contributed by atoms with van der Waals surface area (Å²) in [6, 6.07) is 12.8. The molecule has 0 aliphatic heterocycles. The van der Waals surface area contributed by atoms with Gasteiger partial charge in [0.1, 0.15) is 6.07 Å². The predicted octanol–water partition coefficient (Wildman–Crippen LogP) is 2.13. The van der Waals surface area contributed by atoms with Gasteiger partial charge in [0.2, 0.25) is 0 Å². The number of nitrogens with one attached hydrogen (secondary N) is 1. The van der Waals surface area contributed by atoms with E-state index in [0.29, 0.717) is 39.8 Å². The molecule has 0 aliphatic carbocycles. The maximum Gasteiger partial charge on any atom is 0.253 e. The molecular weight excluding hydrogens is 314 g/mol. The Bertz CT molecular complexity index is 1000. The fourth-order valence-corrected chi connectivity index (χ4v) is 2.78. The molecule has 3 N–H and O–H groups in total. The van der Waals surface area contributed by atoms with Gasteiger partial charge in [0.05, 0.1) is 27.8 Å². The quantitative estimate of drug-likeness (QED) is 0.713. The molecular formula is C19H19N5O. The van der Waals surface area contributed by atoms with Crippen molar-refractivity contribution in [3.05, 3.63) is 47.5 Å². The SMILES string of the molecule is CN(C)CCNC(=O)c1cccc2c(N)c3cccc(C#N)c3nc12. The second-order valence-corrected chi connectivity index (χ2v) is 6.10. The lowest BCUT2D eigenvalue weighted by Crippen LogP contribution is -2.31. The number of hydrogen-bond donors (Lipinski definition) is 2. The average molecular weight is 333 g/mol. The van der Waals surface area contributed by atoms with Crippen LogP contribution in [0.3, 0.4) is 0 Å². The maximum atomic E-state index is 12.6.